The third-order valence-electron chi connectivity index (χ3n) is 3.75. The lowest BCUT2D eigenvalue weighted by Crippen LogP contribution is -2.50. The van der Waals surface area contributed by atoms with Gasteiger partial charge in [-0.05, 0) is 39.5 Å². The Balaban J connectivity index is 0.000000381. The van der Waals surface area contributed by atoms with Gasteiger partial charge >= 0.3 is 12.1 Å². The van der Waals surface area contributed by atoms with Gasteiger partial charge in [-0.3, -0.25) is 0 Å². The molecule has 0 saturated carbocycles. The first kappa shape index (κ1) is 21.5. The molecule has 0 aromatic heterocycles. The van der Waals surface area contributed by atoms with Crippen molar-refractivity contribution in [3.05, 3.63) is 40.9 Å². The molecule has 1 aliphatic rings. The molecule has 140 valence electrons. The van der Waals surface area contributed by atoms with E-state index in [4.69, 9.17) is 9.90 Å². The zero-order valence-electron chi connectivity index (χ0n) is 14.1. The highest BCUT2D eigenvalue weighted by molar-refractivity contribution is 9.10. The number of nitrogens with zero attached hydrogens (tertiary/aromatic N) is 1. The van der Waals surface area contributed by atoms with Crippen LogP contribution in [0.4, 0.5) is 18.9 Å². The van der Waals surface area contributed by atoms with Gasteiger partial charge in [0.2, 0.25) is 0 Å². The van der Waals surface area contributed by atoms with E-state index >= 15 is 0 Å². The Morgan fingerprint density at radius 1 is 1.48 bits per heavy atom. The highest BCUT2D eigenvalue weighted by atomic mass is 79.9. The van der Waals surface area contributed by atoms with Crippen LogP contribution < -0.4 is 10.2 Å². The number of carbonyl (C=O) groups is 1. The largest absolute Gasteiger partial charge is 0.490 e. The first-order valence-electron chi connectivity index (χ1n) is 7.77. The molecule has 25 heavy (non-hydrogen) atoms. The van der Waals surface area contributed by atoms with Crippen molar-refractivity contribution in [3.8, 4) is 0 Å². The van der Waals surface area contributed by atoms with Gasteiger partial charge in [-0.15, -0.1) is 6.58 Å². The molecule has 0 bridgehead atoms. The van der Waals surface area contributed by atoms with E-state index in [1.165, 1.54) is 15.7 Å². The molecule has 0 amide bonds. The number of nitrogens with one attached hydrogen (secondary N) is 1. The van der Waals surface area contributed by atoms with Gasteiger partial charge in [0.1, 0.15) is 0 Å². The van der Waals surface area contributed by atoms with E-state index in [2.05, 4.69) is 64.8 Å². The normalized spacial score (nSPS) is 17.7. The van der Waals surface area contributed by atoms with Crippen molar-refractivity contribution in [1.82, 2.24) is 5.32 Å². The van der Waals surface area contributed by atoms with E-state index in [0.29, 0.717) is 12.0 Å². The highest BCUT2D eigenvalue weighted by Crippen LogP contribution is 2.31. The summed E-state index contributed by atoms with van der Waals surface area (Å²) in [5.41, 5.74) is 2.64. The molecule has 1 fully saturated rings. The second-order valence-electron chi connectivity index (χ2n) is 5.87. The number of rotatable bonds is 3. The van der Waals surface area contributed by atoms with E-state index in [1.807, 2.05) is 6.08 Å². The Morgan fingerprint density at radius 3 is 2.52 bits per heavy atom. The third kappa shape index (κ3) is 6.36. The van der Waals surface area contributed by atoms with Crippen LogP contribution in [0.25, 0.3) is 0 Å². The van der Waals surface area contributed by atoms with Crippen LogP contribution in [0.5, 0.6) is 0 Å². The lowest BCUT2D eigenvalue weighted by atomic mass is 10.0. The number of carboxylic acid groups (broad SMARTS) is 1. The maximum atomic E-state index is 10.6. The molecule has 1 aliphatic heterocycles. The van der Waals surface area contributed by atoms with E-state index in [0.717, 1.165) is 19.6 Å². The second-order valence-corrected chi connectivity index (χ2v) is 6.72. The molecule has 0 unspecified atom stereocenters. The minimum atomic E-state index is -5.08. The summed E-state index contributed by atoms with van der Waals surface area (Å²) in [5, 5.41) is 10.5. The molecule has 2 N–H and O–H groups in total. The average Bonchev–Trinajstić information content (AvgIpc) is 2.54. The Bertz CT molecular complexity index is 606. The minimum absolute atomic E-state index is 0.375. The fourth-order valence-electron chi connectivity index (χ4n) is 2.35. The van der Waals surface area contributed by atoms with E-state index in [-0.39, 0.29) is 0 Å². The zero-order valence-corrected chi connectivity index (χ0v) is 15.7. The average molecular weight is 423 g/mol. The summed E-state index contributed by atoms with van der Waals surface area (Å²) in [7, 11) is 0. The Kier molecular flexibility index (Phi) is 7.95. The molecule has 0 spiro atoms. The summed E-state index contributed by atoms with van der Waals surface area (Å²) in [6, 6.07) is 7.07. The standard InChI is InChI=1S/C15H21BrN2.C2HF3O2/c1-4-13-10-17-7-8-18(13)15-6-5-12(11(2)3)9-14(15)16;3-2(4,5)1(6)7/h4-6,9,11,13,17H,1,7-8,10H2,2-3H3;(H,6,7)/t13-;/m1./s1. The maximum absolute atomic E-state index is 10.6. The quantitative estimate of drug-likeness (QED) is 0.717. The van der Waals surface area contributed by atoms with Gasteiger partial charge in [0.25, 0.3) is 0 Å². The molecule has 0 aliphatic carbocycles. The van der Waals surface area contributed by atoms with Crippen molar-refractivity contribution < 1.29 is 23.1 Å². The Hall–Kier alpha value is -1.54. The molecular weight excluding hydrogens is 401 g/mol. The number of hydrogen-bond donors (Lipinski definition) is 2. The minimum Gasteiger partial charge on any atom is -0.475 e. The van der Waals surface area contributed by atoms with Crippen LogP contribution in [0.15, 0.2) is 35.3 Å². The molecule has 1 heterocycles. The number of halogens is 4. The van der Waals surface area contributed by atoms with Crippen molar-refractivity contribution in [3.63, 3.8) is 0 Å². The molecular formula is C17H22BrF3N2O2. The number of piperazine rings is 1. The second kappa shape index (κ2) is 9.24. The van der Waals surface area contributed by atoms with Crippen LogP contribution in [0.1, 0.15) is 25.3 Å². The zero-order chi connectivity index (χ0) is 19.2. The van der Waals surface area contributed by atoms with Gasteiger partial charge < -0.3 is 15.3 Å². The van der Waals surface area contributed by atoms with Crippen LogP contribution >= 0.6 is 15.9 Å². The predicted molar refractivity (Wildman–Crippen MR) is 96.1 cm³/mol. The van der Waals surface area contributed by atoms with Crippen molar-refractivity contribution in [1.29, 1.82) is 0 Å². The molecule has 1 saturated heterocycles. The SMILES string of the molecule is C=C[C@@H]1CNCCN1c1ccc(C(C)C)cc1Br.O=C(O)C(F)(F)F. The smallest absolute Gasteiger partial charge is 0.475 e. The van der Waals surface area contributed by atoms with Crippen LogP contribution in [0.2, 0.25) is 0 Å². The number of alkyl halides is 3. The molecule has 2 rings (SSSR count). The molecule has 1 aromatic rings. The fourth-order valence-corrected chi connectivity index (χ4v) is 2.97. The molecule has 1 atom stereocenters. The molecule has 8 heteroatoms. The van der Waals surface area contributed by atoms with Crippen molar-refractivity contribution in [2.24, 2.45) is 0 Å². The van der Waals surface area contributed by atoms with Gasteiger partial charge in [-0.1, -0.05) is 26.0 Å². The molecule has 1 aromatic carbocycles. The Labute approximate surface area is 153 Å². The van der Waals surface area contributed by atoms with Gasteiger partial charge in [0, 0.05) is 24.1 Å². The van der Waals surface area contributed by atoms with Gasteiger partial charge in [0.15, 0.2) is 0 Å². The predicted octanol–water partition coefficient (Wildman–Crippen LogP) is 4.17. The van der Waals surface area contributed by atoms with Crippen molar-refractivity contribution in [2.45, 2.75) is 32.0 Å². The lowest BCUT2D eigenvalue weighted by Gasteiger charge is -2.37. The van der Waals surface area contributed by atoms with Crippen molar-refractivity contribution >= 4 is 27.6 Å². The lowest BCUT2D eigenvalue weighted by molar-refractivity contribution is -0.192. The summed E-state index contributed by atoms with van der Waals surface area (Å²) in [6.45, 7) is 11.4. The van der Waals surface area contributed by atoms with Crippen LogP contribution in [-0.2, 0) is 4.79 Å². The Morgan fingerprint density at radius 2 is 2.08 bits per heavy atom. The van der Waals surface area contributed by atoms with Gasteiger partial charge in [-0.25, -0.2) is 4.79 Å². The van der Waals surface area contributed by atoms with Crippen LogP contribution in [0.3, 0.4) is 0 Å². The van der Waals surface area contributed by atoms with E-state index in [1.54, 1.807) is 0 Å². The highest BCUT2D eigenvalue weighted by Gasteiger charge is 2.38. The van der Waals surface area contributed by atoms with Gasteiger partial charge in [0.05, 0.1) is 11.7 Å². The molecule has 4 nitrogen and oxygen atoms in total. The summed E-state index contributed by atoms with van der Waals surface area (Å²) in [6.07, 6.45) is -3.06. The monoisotopic (exact) mass is 422 g/mol. The number of benzene rings is 1. The number of anilines is 1. The maximum Gasteiger partial charge on any atom is 0.490 e. The summed E-state index contributed by atoms with van der Waals surface area (Å²) in [5.74, 6) is -2.19. The number of carboxylic acids is 1. The van der Waals surface area contributed by atoms with Crippen LogP contribution in [0, 0.1) is 0 Å². The fraction of sp³-hybridized carbons (Fsp3) is 0.471. The summed E-state index contributed by atoms with van der Waals surface area (Å²) in [4.78, 5) is 11.3. The van der Waals surface area contributed by atoms with Crippen molar-refractivity contribution in [2.75, 3.05) is 24.5 Å². The number of aliphatic carboxylic acids is 1. The third-order valence-corrected chi connectivity index (χ3v) is 4.38. The van der Waals surface area contributed by atoms with E-state index in [9.17, 15) is 13.2 Å². The summed E-state index contributed by atoms with van der Waals surface area (Å²) >= 11 is 3.71. The summed E-state index contributed by atoms with van der Waals surface area (Å²) < 4.78 is 32.9. The van der Waals surface area contributed by atoms with Gasteiger partial charge in [-0.2, -0.15) is 13.2 Å². The first-order valence-corrected chi connectivity index (χ1v) is 8.56. The topological polar surface area (TPSA) is 52.6 Å². The number of hydrogen-bond acceptors (Lipinski definition) is 3. The molecule has 0 radical (unpaired) electrons. The first-order chi connectivity index (χ1) is 11.6. The van der Waals surface area contributed by atoms with E-state index < -0.39 is 12.1 Å². The van der Waals surface area contributed by atoms with Crippen LogP contribution in [-0.4, -0.2) is 42.9 Å².